The number of nitrogens with zero attached hydrogens (tertiary/aromatic N) is 2. The maximum Gasteiger partial charge on any atom is 0.243 e. The Labute approximate surface area is 160 Å². The number of hydrogen-bond acceptors (Lipinski definition) is 4. The van der Waals surface area contributed by atoms with Gasteiger partial charge in [-0.25, -0.2) is 0 Å². The Morgan fingerprint density at radius 1 is 1.16 bits per heavy atom. The van der Waals surface area contributed by atoms with Crippen molar-refractivity contribution < 1.29 is 9.59 Å². The maximum atomic E-state index is 12.2. The van der Waals surface area contributed by atoms with Crippen molar-refractivity contribution in [3.05, 3.63) is 29.8 Å². The van der Waals surface area contributed by atoms with Crippen molar-refractivity contribution in [3.63, 3.8) is 0 Å². The van der Waals surface area contributed by atoms with Crippen LogP contribution < -0.4 is 5.32 Å². The number of nitrogens with one attached hydrogen (secondary N) is 1. The van der Waals surface area contributed by atoms with Crippen LogP contribution in [0, 0.1) is 0 Å². The van der Waals surface area contributed by atoms with E-state index in [0.717, 1.165) is 30.8 Å². The Bertz CT molecular complexity index is 604. The van der Waals surface area contributed by atoms with Crippen molar-refractivity contribution in [2.45, 2.75) is 27.2 Å². The molecule has 0 saturated carbocycles. The van der Waals surface area contributed by atoms with Gasteiger partial charge in [0, 0.05) is 25.8 Å². The van der Waals surface area contributed by atoms with Gasteiger partial charge in [0.1, 0.15) is 4.32 Å². The summed E-state index contributed by atoms with van der Waals surface area (Å²) in [4.78, 5) is 27.9. The zero-order chi connectivity index (χ0) is 18.8. The van der Waals surface area contributed by atoms with E-state index >= 15 is 0 Å². The molecule has 1 aromatic carbocycles. The van der Waals surface area contributed by atoms with Crippen LogP contribution >= 0.6 is 24.0 Å². The first kappa shape index (κ1) is 21.4. The number of carbonyl (C=O) groups is 2. The topological polar surface area (TPSA) is 52.7 Å². The Morgan fingerprint density at radius 3 is 2.40 bits per heavy atom. The fraction of sp³-hybridized carbons (Fsp3) is 0.500. The molecular weight excluding hydrogens is 354 g/mol. The zero-order valence-electron chi connectivity index (χ0n) is 15.4. The van der Waals surface area contributed by atoms with Crippen LogP contribution in [0.15, 0.2) is 24.3 Å². The first-order valence-electron chi connectivity index (χ1n) is 8.46. The summed E-state index contributed by atoms with van der Waals surface area (Å²) in [6.45, 7) is 7.77. The first-order valence-corrected chi connectivity index (χ1v) is 9.85. The molecule has 1 aromatic rings. The molecule has 0 radical (unpaired) electrons. The van der Waals surface area contributed by atoms with Gasteiger partial charge in [0.15, 0.2) is 0 Å². The second kappa shape index (κ2) is 11.1. The third-order valence-corrected chi connectivity index (χ3v) is 5.33. The fourth-order valence-electron chi connectivity index (χ4n) is 2.25. The van der Waals surface area contributed by atoms with E-state index in [0.29, 0.717) is 4.32 Å². The summed E-state index contributed by atoms with van der Waals surface area (Å²) in [5, 5.41) is 2.87. The number of aryl methyl sites for hydroxylation is 1. The van der Waals surface area contributed by atoms with E-state index in [4.69, 9.17) is 12.2 Å². The highest BCUT2D eigenvalue weighted by molar-refractivity contribution is 8.23. The van der Waals surface area contributed by atoms with Crippen LogP contribution in [0.25, 0.3) is 0 Å². The summed E-state index contributed by atoms with van der Waals surface area (Å²) in [6.07, 6.45) is 0.838. The third-order valence-electron chi connectivity index (χ3n) is 3.82. The predicted molar refractivity (Wildman–Crippen MR) is 110 cm³/mol. The highest BCUT2D eigenvalue weighted by Gasteiger charge is 2.16. The molecule has 0 spiro atoms. The van der Waals surface area contributed by atoms with E-state index < -0.39 is 0 Å². The molecule has 0 aliphatic heterocycles. The lowest BCUT2D eigenvalue weighted by Crippen LogP contribution is -2.37. The van der Waals surface area contributed by atoms with Crippen LogP contribution in [-0.4, -0.2) is 58.4 Å². The van der Waals surface area contributed by atoms with Crippen LogP contribution in [0.3, 0.4) is 0 Å². The number of anilines is 1. The molecule has 0 unspecified atom stereocenters. The van der Waals surface area contributed by atoms with Gasteiger partial charge in [-0.15, -0.1) is 0 Å². The number of rotatable bonds is 8. The van der Waals surface area contributed by atoms with Gasteiger partial charge >= 0.3 is 0 Å². The molecule has 0 atom stereocenters. The van der Waals surface area contributed by atoms with Gasteiger partial charge in [-0.2, -0.15) is 0 Å². The Balaban J connectivity index is 2.49. The molecular formula is C18H27N3O2S2. The summed E-state index contributed by atoms with van der Waals surface area (Å²) < 4.78 is 0.716. The fourth-order valence-corrected chi connectivity index (χ4v) is 3.59. The van der Waals surface area contributed by atoms with Crippen LogP contribution in [0.4, 0.5) is 5.69 Å². The number of benzene rings is 1. The first-order chi connectivity index (χ1) is 11.9. The number of hydrogen-bond donors (Lipinski definition) is 1. The normalized spacial score (nSPS) is 10.2. The molecule has 1 rings (SSSR count). The standard InChI is InChI=1S/C18H27N3O2S2/c1-5-14-10-8-9-11-15(14)19-16(22)12-20(4)17(23)13-25-18(24)21(6-2)7-3/h8-11H,5-7,12-13H2,1-4H3,(H,19,22). The Hall–Kier alpha value is -1.60. The Morgan fingerprint density at radius 2 is 1.80 bits per heavy atom. The van der Waals surface area contributed by atoms with Crippen LogP contribution in [0.5, 0.6) is 0 Å². The monoisotopic (exact) mass is 381 g/mol. The number of likely N-dealkylation sites (N-methyl/N-ethyl adjacent to an activating group) is 1. The van der Waals surface area contributed by atoms with Crippen molar-refractivity contribution in [2.75, 3.05) is 37.8 Å². The maximum absolute atomic E-state index is 12.2. The summed E-state index contributed by atoms with van der Waals surface area (Å²) in [6, 6.07) is 7.68. The lowest BCUT2D eigenvalue weighted by Gasteiger charge is -2.22. The molecule has 25 heavy (non-hydrogen) atoms. The summed E-state index contributed by atoms with van der Waals surface area (Å²) in [5.41, 5.74) is 1.87. The number of carbonyl (C=O) groups excluding carboxylic acids is 2. The van der Waals surface area contributed by atoms with Gasteiger partial charge in [0.05, 0.1) is 12.3 Å². The van der Waals surface area contributed by atoms with Gasteiger partial charge in [0.2, 0.25) is 11.8 Å². The molecule has 7 heteroatoms. The lowest BCUT2D eigenvalue weighted by atomic mass is 10.1. The van der Waals surface area contributed by atoms with E-state index in [1.165, 1.54) is 16.7 Å². The van der Waals surface area contributed by atoms with Crippen molar-refractivity contribution in [1.82, 2.24) is 9.80 Å². The van der Waals surface area contributed by atoms with Crippen molar-refractivity contribution in [1.29, 1.82) is 0 Å². The van der Waals surface area contributed by atoms with Gasteiger partial charge in [-0.05, 0) is 31.9 Å². The number of thiocarbonyl (C=S) groups is 1. The molecule has 5 nitrogen and oxygen atoms in total. The van der Waals surface area contributed by atoms with Gasteiger partial charge in [-0.1, -0.05) is 49.1 Å². The van der Waals surface area contributed by atoms with Crippen molar-refractivity contribution >= 4 is 45.8 Å². The van der Waals surface area contributed by atoms with E-state index in [-0.39, 0.29) is 24.1 Å². The highest BCUT2D eigenvalue weighted by Crippen LogP contribution is 2.15. The van der Waals surface area contributed by atoms with Gasteiger partial charge in [-0.3, -0.25) is 9.59 Å². The third kappa shape index (κ3) is 7.04. The van der Waals surface area contributed by atoms with Crippen LogP contribution in [0.1, 0.15) is 26.3 Å². The second-order valence-electron chi connectivity index (χ2n) is 5.54. The van der Waals surface area contributed by atoms with Crippen LogP contribution in [0.2, 0.25) is 0 Å². The molecule has 0 aromatic heterocycles. The largest absolute Gasteiger partial charge is 0.358 e. The highest BCUT2D eigenvalue weighted by atomic mass is 32.2. The molecule has 0 aliphatic rings. The van der Waals surface area contributed by atoms with Crippen molar-refractivity contribution in [2.24, 2.45) is 0 Å². The average molecular weight is 382 g/mol. The second-order valence-corrected chi connectivity index (χ2v) is 7.14. The minimum Gasteiger partial charge on any atom is -0.358 e. The smallest absolute Gasteiger partial charge is 0.243 e. The summed E-state index contributed by atoms with van der Waals surface area (Å²) in [7, 11) is 1.63. The summed E-state index contributed by atoms with van der Waals surface area (Å²) in [5.74, 6) is -0.0727. The van der Waals surface area contributed by atoms with E-state index in [1.54, 1.807) is 7.05 Å². The SMILES string of the molecule is CCc1ccccc1NC(=O)CN(C)C(=O)CSC(=S)N(CC)CC. The van der Waals surface area contributed by atoms with E-state index in [1.807, 2.05) is 49.9 Å². The number of para-hydroxylation sites is 1. The number of thioether (sulfide) groups is 1. The zero-order valence-corrected chi connectivity index (χ0v) is 17.0. The van der Waals surface area contributed by atoms with Gasteiger partial charge < -0.3 is 15.1 Å². The minimum absolute atomic E-state index is 0.0233. The molecule has 1 N–H and O–H groups in total. The molecule has 0 saturated heterocycles. The van der Waals surface area contributed by atoms with E-state index in [9.17, 15) is 9.59 Å². The summed E-state index contributed by atoms with van der Waals surface area (Å²) >= 11 is 6.66. The number of amides is 2. The molecule has 2 amide bonds. The molecule has 0 aliphatic carbocycles. The lowest BCUT2D eigenvalue weighted by molar-refractivity contribution is -0.131. The van der Waals surface area contributed by atoms with Gasteiger partial charge in [0.25, 0.3) is 0 Å². The van der Waals surface area contributed by atoms with Crippen molar-refractivity contribution in [3.8, 4) is 0 Å². The minimum atomic E-state index is -0.201. The quantitative estimate of drug-likeness (QED) is 0.702. The molecule has 0 bridgehead atoms. The molecule has 0 heterocycles. The molecule has 0 fully saturated rings. The van der Waals surface area contributed by atoms with E-state index in [2.05, 4.69) is 5.32 Å². The predicted octanol–water partition coefficient (Wildman–Crippen LogP) is 3.01. The average Bonchev–Trinajstić information content (AvgIpc) is 2.60. The van der Waals surface area contributed by atoms with Crippen LogP contribution in [-0.2, 0) is 16.0 Å². The molecule has 138 valence electrons. The Kier molecular flexibility index (Phi) is 9.52.